The van der Waals surface area contributed by atoms with E-state index in [0.717, 1.165) is 24.2 Å². The monoisotopic (exact) mass is 430 g/mol. The van der Waals surface area contributed by atoms with Crippen LogP contribution in [0.15, 0.2) is 64.2 Å². The number of amides is 1. The Bertz CT molecular complexity index is 1350. The Morgan fingerprint density at radius 1 is 0.844 bits per heavy atom. The molecule has 0 unspecified atom stereocenters. The van der Waals surface area contributed by atoms with Crippen LogP contribution in [0.5, 0.6) is 0 Å². The van der Waals surface area contributed by atoms with E-state index in [4.69, 9.17) is 0 Å². The zero-order valence-corrected chi connectivity index (χ0v) is 18.2. The predicted molar refractivity (Wildman–Crippen MR) is 125 cm³/mol. The number of likely N-dealkylation sites (N-methyl/N-ethyl adjacent to an activating group) is 1. The number of hydrogen-bond donors (Lipinski definition) is 1. The molecule has 0 atom stereocenters. The summed E-state index contributed by atoms with van der Waals surface area (Å²) < 4.78 is 1.35. The summed E-state index contributed by atoms with van der Waals surface area (Å²) in [6, 6.07) is 16.5. The highest BCUT2D eigenvalue weighted by Crippen LogP contribution is 2.10. The molecule has 0 aliphatic carbocycles. The highest BCUT2D eigenvalue weighted by atomic mass is 16.2. The van der Waals surface area contributed by atoms with E-state index in [2.05, 4.69) is 9.88 Å². The molecule has 1 aromatic heterocycles. The normalized spacial score (nSPS) is 15.9. The molecule has 0 radical (unpaired) electrons. The molecular weight excluding hydrogens is 404 g/mol. The van der Waals surface area contributed by atoms with Gasteiger partial charge in [0.2, 0.25) is 0 Å². The van der Waals surface area contributed by atoms with Crippen LogP contribution in [0.1, 0.15) is 21.5 Å². The first-order chi connectivity index (χ1) is 15.4. The lowest BCUT2D eigenvalue weighted by Gasteiger charge is -2.32. The van der Waals surface area contributed by atoms with E-state index in [-0.39, 0.29) is 27.7 Å². The summed E-state index contributed by atoms with van der Waals surface area (Å²) in [6.45, 7) is 3.16. The van der Waals surface area contributed by atoms with E-state index >= 15 is 0 Å². The van der Waals surface area contributed by atoms with Gasteiger partial charge in [-0.1, -0.05) is 42.5 Å². The second-order valence-electron chi connectivity index (χ2n) is 8.03. The predicted octanol–water partition coefficient (Wildman–Crippen LogP) is 0.119. The Balaban J connectivity index is 1.63. The zero-order valence-electron chi connectivity index (χ0n) is 18.2. The van der Waals surface area contributed by atoms with Crippen LogP contribution in [0.25, 0.3) is 12.2 Å². The Hall–Kier alpha value is -3.71. The van der Waals surface area contributed by atoms with Gasteiger partial charge in [-0.2, -0.15) is 0 Å². The van der Waals surface area contributed by atoms with Crippen molar-refractivity contribution in [3.63, 3.8) is 0 Å². The van der Waals surface area contributed by atoms with E-state index in [1.807, 2.05) is 42.3 Å². The fraction of sp³-hybridized carbons (Fsp3) is 0.240. The van der Waals surface area contributed by atoms with Gasteiger partial charge in [-0.15, -0.1) is 0 Å². The molecule has 1 amide bonds. The molecule has 2 aromatic carbocycles. The molecule has 0 saturated carbocycles. The Morgan fingerprint density at radius 2 is 1.47 bits per heavy atom. The number of H-pyrrole nitrogens is 1. The first-order valence-corrected chi connectivity index (χ1v) is 10.6. The van der Waals surface area contributed by atoms with Crippen molar-refractivity contribution in [3.8, 4) is 0 Å². The molecule has 7 nitrogen and oxygen atoms in total. The lowest BCUT2D eigenvalue weighted by molar-refractivity contribution is 0.0664. The second kappa shape index (κ2) is 9.20. The van der Waals surface area contributed by atoms with Crippen LogP contribution in [0.4, 0.5) is 0 Å². The molecule has 32 heavy (non-hydrogen) atoms. The lowest BCUT2D eigenvalue weighted by Crippen LogP contribution is -2.52. The summed E-state index contributed by atoms with van der Waals surface area (Å²) in [5.74, 6) is 0.00905. The fourth-order valence-electron chi connectivity index (χ4n) is 3.73. The number of carbonyl (C=O) groups excluding carboxylic acids is 1. The molecule has 1 saturated heterocycles. The SMILES string of the molecule is CN1CCN(C(=O)c2ccc(/C=c3\[nH]c(=O)/c(=C/c4ccccc4)n(C)c3=O)cc2)CC1. The van der Waals surface area contributed by atoms with Crippen LogP contribution in [-0.2, 0) is 7.05 Å². The van der Waals surface area contributed by atoms with Crippen molar-refractivity contribution in [1.82, 2.24) is 19.4 Å². The van der Waals surface area contributed by atoms with Gasteiger partial charge in [-0.25, -0.2) is 0 Å². The molecule has 1 fully saturated rings. The van der Waals surface area contributed by atoms with Crippen LogP contribution in [0.3, 0.4) is 0 Å². The average Bonchev–Trinajstić information content (AvgIpc) is 2.81. The molecule has 2 heterocycles. The van der Waals surface area contributed by atoms with Crippen LogP contribution >= 0.6 is 0 Å². The van der Waals surface area contributed by atoms with E-state index in [9.17, 15) is 14.4 Å². The van der Waals surface area contributed by atoms with Gasteiger partial charge in [0.1, 0.15) is 10.7 Å². The molecule has 1 aliphatic heterocycles. The summed E-state index contributed by atoms with van der Waals surface area (Å²) in [7, 11) is 3.63. The quantitative estimate of drug-likeness (QED) is 0.640. The molecule has 3 aromatic rings. The van der Waals surface area contributed by atoms with Gasteiger partial charge >= 0.3 is 0 Å². The van der Waals surface area contributed by atoms with Crippen molar-refractivity contribution in [1.29, 1.82) is 0 Å². The van der Waals surface area contributed by atoms with Gasteiger partial charge in [0.05, 0.1) is 0 Å². The molecule has 0 spiro atoms. The molecule has 0 bridgehead atoms. The summed E-state index contributed by atoms with van der Waals surface area (Å²) in [4.78, 5) is 44.9. The number of nitrogens with one attached hydrogen (secondary N) is 1. The van der Waals surface area contributed by atoms with Gasteiger partial charge in [0.15, 0.2) is 0 Å². The van der Waals surface area contributed by atoms with Crippen LogP contribution < -0.4 is 21.8 Å². The van der Waals surface area contributed by atoms with Crippen LogP contribution in [0, 0.1) is 0 Å². The Morgan fingerprint density at radius 3 is 2.12 bits per heavy atom. The summed E-state index contributed by atoms with van der Waals surface area (Å²) >= 11 is 0. The minimum absolute atomic E-state index is 0.00905. The van der Waals surface area contributed by atoms with Crippen molar-refractivity contribution in [2.75, 3.05) is 33.2 Å². The van der Waals surface area contributed by atoms with Gasteiger partial charge in [-0.05, 0) is 42.5 Å². The average molecular weight is 431 g/mol. The first kappa shape index (κ1) is 21.5. The molecule has 1 N–H and O–H groups in total. The Kier molecular flexibility index (Phi) is 6.18. The maximum atomic E-state index is 12.8. The highest BCUT2D eigenvalue weighted by Gasteiger charge is 2.20. The number of aromatic nitrogens is 2. The summed E-state index contributed by atoms with van der Waals surface area (Å²) in [6.07, 6.45) is 3.31. The van der Waals surface area contributed by atoms with E-state index < -0.39 is 0 Å². The van der Waals surface area contributed by atoms with E-state index in [0.29, 0.717) is 18.7 Å². The topological polar surface area (TPSA) is 78.4 Å². The Labute approximate surface area is 185 Å². The van der Waals surface area contributed by atoms with Crippen molar-refractivity contribution in [3.05, 3.63) is 103 Å². The van der Waals surface area contributed by atoms with Crippen LogP contribution in [0.2, 0.25) is 0 Å². The van der Waals surface area contributed by atoms with Crippen molar-refractivity contribution in [2.45, 2.75) is 0 Å². The largest absolute Gasteiger partial charge is 0.336 e. The number of rotatable bonds is 3. The first-order valence-electron chi connectivity index (χ1n) is 10.6. The second-order valence-corrected chi connectivity index (χ2v) is 8.03. The number of nitrogens with zero attached hydrogens (tertiary/aromatic N) is 3. The van der Waals surface area contributed by atoms with Crippen molar-refractivity contribution >= 4 is 18.1 Å². The molecule has 1 aliphatic rings. The molecule has 164 valence electrons. The molecular formula is C25H26N4O3. The third kappa shape index (κ3) is 4.63. The molecule has 4 rings (SSSR count). The van der Waals surface area contributed by atoms with E-state index in [1.54, 1.807) is 43.5 Å². The number of hydrogen-bond acceptors (Lipinski definition) is 4. The van der Waals surface area contributed by atoms with Crippen LogP contribution in [-0.4, -0.2) is 58.5 Å². The van der Waals surface area contributed by atoms with Gasteiger partial charge in [-0.3, -0.25) is 14.4 Å². The summed E-state index contributed by atoms with van der Waals surface area (Å²) in [5.41, 5.74) is 1.53. The minimum atomic E-state index is -0.343. The lowest BCUT2D eigenvalue weighted by atomic mass is 10.1. The minimum Gasteiger partial charge on any atom is -0.336 e. The van der Waals surface area contributed by atoms with Gasteiger partial charge in [0.25, 0.3) is 17.0 Å². The third-order valence-electron chi connectivity index (χ3n) is 5.74. The maximum Gasteiger partial charge on any atom is 0.274 e. The molecule has 7 heteroatoms. The highest BCUT2D eigenvalue weighted by molar-refractivity contribution is 5.94. The van der Waals surface area contributed by atoms with Crippen molar-refractivity contribution in [2.24, 2.45) is 7.05 Å². The third-order valence-corrected chi connectivity index (χ3v) is 5.74. The smallest absolute Gasteiger partial charge is 0.274 e. The van der Waals surface area contributed by atoms with E-state index in [1.165, 1.54) is 4.57 Å². The number of carbonyl (C=O) groups is 1. The maximum absolute atomic E-state index is 12.8. The fourth-order valence-corrected chi connectivity index (χ4v) is 3.73. The van der Waals surface area contributed by atoms with Crippen molar-refractivity contribution < 1.29 is 4.79 Å². The number of benzene rings is 2. The number of piperazine rings is 1. The van der Waals surface area contributed by atoms with Gasteiger partial charge < -0.3 is 19.4 Å². The number of aromatic amines is 1. The zero-order chi connectivity index (χ0) is 22.7. The summed E-state index contributed by atoms with van der Waals surface area (Å²) in [5, 5.41) is 0.479. The standard InChI is InChI=1S/C25H26N4O3/c1-27-12-14-29(15-13-27)24(31)20-10-8-19(9-11-20)16-21-25(32)28(2)22(23(30)26-21)17-18-6-4-3-5-7-18/h3-11,16-17H,12-15H2,1-2H3,(H,26,30)/b21-16-,22-17-. The van der Waals surface area contributed by atoms with Gasteiger partial charge in [0, 0.05) is 38.8 Å².